The van der Waals surface area contributed by atoms with E-state index in [2.05, 4.69) is 21.3 Å². The maximum Gasteiger partial charge on any atom is 0.317 e. The first-order valence-electron chi connectivity index (χ1n) is 8.77. The van der Waals surface area contributed by atoms with Crippen molar-refractivity contribution < 1.29 is 4.79 Å². The average Bonchev–Trinajstić information content (AvgIpc) is 3.07. The number of aryl methyl sites for hydroxylation is 1. The number of rotatable bonds is 2. The molecule has 0 aliphatic carbocycles. The van der Waals surface area contributed by atoms with E-state index in [0.29, 0.717) is 5.56 Å². The minimum absolute atomic E-state index is 0.0304. The lowest BCUT2D eigenvalue weighted by Crippen LogP contribution is -2.49. The fraction of sp³-hybridized carbons (Fsp3) is 0.421. The van der Waals surface area contributed by atoms with E-state index >= 15 is 0 Å². The molecule has 0 spiro atoms. The topological polar surface area (TPSA) is 72.3 Å². The summed E-state index contributed by atoms with van der Waals surface area (Å²) in [6.07, 6.45) is 3.69. The molecule has 1 aromatic heterocycles. The summed E-state index contributed by atoms with van der Waals surface area (Å²) in [7, 11) is 0. The molecule has 128 valence electrons. The number of benzene rings is 1. The van der Waals surface area contributed by atoms with Gasteiger partial charge in [0.15, 0.2) is 0 Å². The Labute approximate surface area is 147 Å². The molecule has 2 amide bonds. The fourth-order valence-corrected chi connectivity index (χ4v) is 4.03. The first kappa shape index (κ1) is 15.7. The van der Waals surface area contributed by atoms with Crippen LogP contribution in [-0.2, 0) is 0 Å². The second kappa shape index (κ2) is 6.25. The molecule has 6 nitrogen and oxygen atoms in total. The van der Waals surface area contributed by atoms with Crippen molar-refractivity contribution >= 4 is 22.6 Å². The molecule has 0 saturated carbocycles. The summed E-state index contributed by atoms with van der Waals surface area (Å²) in [5, 5.41) is 13.5. The molecule has 0 bridgehead atoms. The fourth-order valence-electron chi connectivity index (χ4n) is 4.03. The highest BCUT2D eigenvalue weighted by atomic mass is 16.2. The van der Waals surface area contributed by atoms with Gasteiger partial charge in [0.25, 0.3) is 0 Å². The molecule has 1 N–H and O–H groups in total. The van der Waals surface area contributed by atoms with Gasteiger partial charge in [0, 0.05) is 37.8 Å². The Bertz CT molecular complexity index is 872. The Morgan fingerprint density at radius 3 is 3.00 bits per heavy atom. The van der Waals surface area contributed by atoms with E-state index in [1.807, 2.05) is 30.0 Å². The number of anilines is 1. The van der Waals surface area contributed by atoms with Crippen molar-refractivity contribution in [2.45, 2.75) is 25.8 Å². The number of carbonyl (C=O) groups excluding carboxylic acids is 1. The van der Waals surface area contributed by atoms with E-state index in [0.717, 1.165) is 61.2 Å². The van der Waals surface area contributed by atoms with E-state index < -0.39 is 0 Å². The Kier molecular flexibility index (Phi) is 3.92. The summed E-state index contributed by atoms with van der Waals surface area (Å²) in [6.45, 7) is 5.18. The predicted octanol–water partition coefficient (Wildman–Crippen LogP) is 2.41. The van der Waals surface area contributed by atoms with Gasteiger partial charge in [0.05, 0.1) is 22.8 Å². The zero-order chi connectivity index (χ0) is 17.4. The lowest BCUT2D eigenvalue weighted by molar-refractivity contribution is 0.189. The van der Waals surface area contributed by atoms with Gasteiger partial charge in [-0.25, -0.2) is 4.79 Å². The molecule has 1 aromatic carbocycles. The number of fused-ring (bicyclic) bond motifs is 1. The minimum Gasteiger partial charge on any atom is -0.368 e. The number of nitrogens with zero attached hydrogens (tertiary/aromatic N) is 4. The van der Waals surface area contributed by atoms with Gasteiger partial charge in [0.1, 0.15) is 6.07 Å². The number of hydrogen-bond acceptors (Lipinski definition) is 4. The number of amides is 2. The van der Waals surface area contributed by atoms with Crippen molar-refractivity contribution in [2.24, 2.45) is 0 Å². The summed E-state index contributed by atoms with van der Waals surface area (Å²) in [5.74, 6) is 0. The molecule has 3 heterocycles. The van der Waals surface area contributed by atoms with Gasteiger partial charge in [-0.1, -0.05) is 18.2 Å². The van der Waals surface area contributed by atoms with Gasteiger partial charge in [0.2, 0.25) is 0 Å². The van der Waals surface area contributed by atoms with Crippen LogP contribution in [0.1, 0.15) is 24.0 Å². The Morgan fingerprint density at radius 1 is 1.36 bits per heavy atom. The second-order valence-electron chi connectivity index (χ2n) is 6.77. The van der Waals surface area contributed by atoms with E-state index in [1.54, 1.807) is 6.20 Å². The molecule has 1 atom stereocenters. The van der Waals surface area contributed by atoms with Crippen LogP contribution in [0.3, 0.4) is 0 Å². The zero-order valence-electron chi connectivity index (χ0n) is 14.3. The van der Waals surface area contributed by atoms with Crippen LogP contribution in [0.2, 0.25) is 0 Å². The van der Waals surface area contributed by atoms with Crippen molar-refractivity contribution in [1.82, 2.24) is 15.2 Å². The highest BCUT2D eigenvalue weighted by molar-refractivity contribution is 5.96. The van der Waals surface area contributed by atoms with Gasteiger partial charge in [-0.15, -0.1) is 0 Å². The molecule has 2 aliphatic heterocycles. The normalized spacial score (nSPS) is 20.6. The molecule has 2 saturated heterocycles. The molecule has 2 fully saturated rings. The van der Waals surface area contributed by atoms with Crippen molar-refractivity contribution in [3.63, 3.8) is 0 Å². The van der Waals surface area contributed by atoms with Crippen LogP contribution in [0.5, 0.6) is 0 Å². The van der Waals surface area contributed by atoms with Crippen molar-refractivity contribution in [2.75, 3.05) is 31.1 Å². The largest absolute Gasteiger partial charge is 0.368 e. The predicted molar refractivity (Wildman–Crippen MR) is 96.5 cm³/mol. The van der Waals surface area contributed by atoms with Gasteiger partial charge >= 0.3 is 6.03 Å². The molecule has 2 aliphatic rings. The lowest BCUT2D eigenvalue weighted by Gasteiger charge is -2.39. The number of urea groups is 1. The third kappa shape index (κ3) is 2.66. The Balaban J connectivity index is 1.74. The van der Waals surface area contributed by atoms with Crippen molar-refractivity contribution in [3.05, 3.63) is 35.5 Å². The smallest absolute Gasteiger partial charge is 0.317 e. The second-order valence-corrected chi connectivity index (χ2v) is 6.77. The highest BCUT2D eigenvalue weighted by Crippen LogP contribution is 2.33. The van der Waals surface area contributed by atoms with Crippen LogP contribution in [0.25, 0.3) is 10.9 Å². The van der Waals surface area contributed by atoms with Crippen LogP contribution in [0.4, 0.5) is 10.5 Å². The molecule has 2 aromatic rings. The molecular weight excluding hydrogens is 314 g/mol. The monoisotopic (exact) mass is 335 g/mol. The van der Waals surface area contributed by atoms with Crippen LogP contribution in [0.15, 0.2) is 24.4 Å². The van der Waals surface area contributed by atoms with Crippen molar-refractivity contribution in [1.29, 1.82) is 5.26 Å². The maximum atomic E-state index is 12.0. The van der Waals surface area contributed by atoms with Crippen LogP contribution < -0.4 is 10.2 Å². The quantitative estimate of drug-likeness (QED) is 0.915. The number of pyridine rings is 1. The first-order valence-corrected chi connectivity index (χ1v) is 8.77. The molecule has 6 heteroatoms. The van der Waals surface area contributed by atoms with Gasteiger partial charge in [-0.2, -0.15) is 5.26 Å². The molecular formula is C19H21N5O. The van der Waals surface area contributed by atoms with Crippen LogP contribution in [-0.4, -0.2) is 48.1 Å². The van der Waals surface area contributed by atoms with Gasteiger partial charge in [-0.3, -0.25) is 4.98 Å². The minimum atomic E-state index is 0.0304. The van der Waals surface area contributed by atoms with Crippen molar-refractivity contribution in [3.8, 4) is 6.07 Å². The molecule has 0 radical (unpaired) electrons. The SMILES string of the molecule is Cc1cccc2c(N3CCC[C@H](N4CCNC4=O)C3)c(C#N)cnc12. The number of para-hydroxylation sites is 1. The standard InChI is InChI=1S/C19H21N5O/c1-13-4-2-6-16-17(13)22-11-14(10-20)18(16)23-8-3-5-15(12-23)24-9-7-21-19(24)25/h2,4,6,11,15H,3,5,7-9,12H2,1H3,(H,21,25)/t15-/m0/s1. The molecule has 0 unspecified atom stereocenters. The Morgan fingerprint density at radius 2 is 2.24 bits per heavy atom. The van der Waals surface area contributed by atoms with Gasteiger partial charge < -0.3 is 15.1 Å². The number of aromatic nitrogens is 1. The van der Waals surface area contributed by atoms with Crippen LogP contribution in [0, 0.1) is 18.3 Å². The van der Waals surface area contributed by atoms with E-state index in [4.69, 9.17) is 0 Å². The molecule has 4 rings (SSSR count). The third-order valence-corrected chi connectivity index (χ3v) is 5.23. The summed E-state index contributed by atoms with van der Waals surface area (Å²) in [6, 6.07) is 8.61. The van der Waals surface area contributed by atoms with E-state index in [-0.39, 0.29) is 12.1 Å². The first-order chi connectivity index (χ1) is 12.2. The summed E-state index contributed by atoms with van der Waals surface area (Å²) >= 11 is 0. The number of hydrogen-bond donors (Lipinski definition) is 1. The zero-order valence-corrected chi connectivity index (χ0v) is 14.3. The van der Waals surface area contributed by atoms with Gasteiger partial charge in [-0.05, 0) is 25.3 Å². The summed E-state index contributed by atoms with van der Waals surface area (Å²) < 4.78 is 0. The summed E-state index contributed by atoms with van der Waals surface area (Å²) in [4.78, 5) is 20.7. The number of nitrogens with one attached hydrogen (secondary N) is 1. The molecule has 25 heavy (non-hydrogen) atoms. The Hall–Kier alpha value is -2.81. The average molecular weight is 335 g/mol. The number of carbonyl (C=O) groups is 1. The number of piperidine rings is 1. The van der Waals surface area contributed by atoms with E-state index in [9.17, 15) is 10.1 Å². The van der Waals surface area contributed by atoms with E-state index in [1.165, 1.54) is 0 Å². The number of nitriles is 1. The highest BCUT2D eigenvalue weighted by Gasteiger charge is 2.32. The maximum absolute atomic E-state index is 12.0. The lowest BCUT2D eigenvalue weighted by atomic mass is 10.00. The summed E-state index contributed by atoms with van der Waals surface area (Å²) in [5.41, 5.74) is 3.61. The van der Waals surface area contributed by atoms with Crippen LogP contribution >= 0.6 is 0 Å². The third-order valence-electron chi connectivity index (χ3n) is 5.23.